The smallest absolute Gasteiger partial charge is 0.123 e. The quantitative estimate of drug-likeness (QED) is 0.659. The Morgan fingerprint density at radius 2 is 2.00 bits per heavy atom. The minimum atomic E-state index is -0.184. The van der Waals surface area contributed by atoms with Crippen molar-refractivity contribution in [1.29, 1.82) is 0 Å². The number of benzene rings is 1. The highest BCUT2D eigenvalue weighted by Crippen LogP contribution is 2.18. The molecule has 3 nitrogen and oxygen atoms in total. The van der Waals surface area contributed by atoms with Crippen molar-refractivity contribution in [2.24, 2.45) is 0 Å². The molecule has 21 heavy (non-hydrogen) atoms. The van der Waals surface area contributed by atoms with Crippen LogP contribution in [0.3, 0.4) is 0 Å². The fraction of sp³-hybridized carbons (Fsp3) is 0.647. The van der Waals surface area contributed by atoms with Crippen molar-refractivity contribution in [1.82, 2.24) is 10.2 Å². The second-order valence-corrected chi connectivity index (χ2v) is 5.42. The molecule has 0 aliphatic heterocycles. The molecule has 0 aromatic heterocycles. The first-order valence-electron chi connectivity index (χ1n) is 8.03. The summed E-state index contributed by atoms with van der Waals surface area (Å²) in [5.41, 5.74) is 1.00. The van der Waals surface area contributed by atoms with Crippen LogP contribution < -0.4 is 5.32 Å². The Morgan fingerprint density at radius 1 is 1.19 bits per heavy atom. The Kier molecular flexibility index (Phi) is 9.22. The fourth-order valence-electron chi connectivity index (χ4n) is 2.53. The maximum atomic E-state index is 13.4. The Balaban J connectivity index is 2.64. The molecule has 0 fully saturated rings. The van der Waals surface area contributed by atoms with Gasteiger partial charge in [0.2, 0.25) is 0 Å². The van der Waals surface area contributed by atoms with Crippen LogP contribution in [-0.4, -0.2) is 42.8 Å². The zero-order valence-electron chi connectivity index (χ0n) is 13.3. The summed E-state index contributed by atoms with van der Waals surface area (Å²) in [6, 6.07) is 7.01. The van der Waals surface area contributed by atoms with Gasteiger partial charge in [0.05, 0.1) is 6.61 Å². The second-order valence-electron chi connectivity index (χ2n) is 5.42. The average molecular weight is 296 g/mol. The number of rotatable bonds is 11. The Morgan fingerprint density at radius 3 is 2.62 bits per heavy atom. The first-order valence-corrected chi connectivity index (χ1v) is 8.03. The standard InChI is InChI=1S/C17H29FN2O/c1-3-9-19-17(15-6-5-7-16(18)14-15)8-11-20(10-4-2)12-13-21/h5-7,14,17,19,21H,3-4,8-13H2,1-2H3. The molecular weight excluding hydrogens is 267 g/mol. The number of nitrogens with zero attached hydrogens (tertiary/aromatic N) is 1. The van der Waals surface area contributed by atoms with Crippen molar-refractivity contribution in [2.75, 3.05) is 32.8 Å². The molecule has 0 aliphatic rings. The highest BCUT2D eigenvalue weighted by molar-refractivity contribution is 5.20. The Hall–Kier alpha value is -0.970. The van der Waals surface area contributed by atoms with E-state index >= 15 is 0 Å². The number of hydrogen-bond donors (Lipinski definition) is 2. The fourth-order valence-corrected chi connectivity index (χ4v) is 2.53. The van der Waals surface area contributed by atoms with Gasteiger partial charge in [-0.15, -0.1) is 0 Å². The summed E-state index contributed by atoms with van der Waals surface area (Å²) in [6.07, 6.45) is 3.05. The molecule has 1 aromatic rings. The van der Waals surface area contributed by atoms with E-state index in [1.165, 1.54) is 6.07 Å². The molecule has 2 N–H and O–H groups in total. The van der Waals surface area contributed by atoms with Crippen LogP contribution in [0.2, 0.25) is 0 Å². The zero-order valence-corrected chi connectivity index (χ0v) is 13.3. The molecular formula is C17H29FN2O. The van der Waals surface area contributed by atoms with E-state index in [1.54, 1.807) is 12.1 Å². The summed E-state index contributed by atoms with van der Waals surface area (Å²) in [4.78, 5) is 2.26. The van der Waals surface area contributed by atoms with Crippen LogP contribution in [0.5, 0.6) is 0 Å². The summed E-state index contributed by atoms with van der Waals surface area (Å²) in [6.45, 7) is 7.99. The largest absolute Gasteiger partial charge is 0.395 e. The highest BCUT2D eigenvalue weighted by atomic mass is 19.1. The van der Waals surface area contributed by atoms with Gasteiger partial charge in [-0.1, -0.05) is 26.0 Å². The van der Waals surface area contributed by atoms with Crippen LogP contribution >= 0.6 is 0 Å². The number of aliphatic hydroxyl groups excluding tert-OH is 1. The molecule has 1 atom stereocenters. The lowest BCUT2D eigenvalue weighted by Crippen LogP contribution is -2.32. The number of halogens is 1. The summed E-state index contributed by atoms with van der Waals surface area (Å²) < 4.78 is 13.4. The molecule has 120 valence electrons. The van der Waals surface area contributed by atoms with Gasteiger partial charge in [-0.25, -0.2) is 4.39 Å². The number of hydrogen-bond acceptors (Lipinski definition) is 3. The normalized spacial score (nSPS) is 12.8. The van der Waals surface area contributed by atoms with Crippen LogP contribution in [0.4, 0.5) is 4.39 Å². The monoisotopic (exact) mass is 296 g/mol. The van der Waals surface area contributed by atoms with Crippen LogP contribution in [0, 0.1) is 5.82 Å². The van der Waals surface area contributed by atoms with E-state index in [1.807, 2.05) is 6.07 Å². The molecule has 0 saturated heterocycles. The Labute approximate surface area is 128 Å². The van der Waals surface area contributed by atoms with E-state index in [4.69, 9.17) is 5.11 Å². The predicted octanol–water partition coefficient (Wildman–Crippen LogP) is 2.96. The van der Waals surface area contributed by atoms with E-state index in [2.05, 4.69) is 24.1 Å². The van der Waals surface area contributed by atoms with Gasteiger partial charge in [-0.2, -0.15) is 0 Å². The van der Waals surface area contributed by atoms with Gasteiger partial charge in [0.15, 0.2) is 0 Å². The molecule has 0 bridgehead atoms. The molecule has 1 aromatic carbocycles. The molecule has 1 rings (SSSR count). The first-order chi connectivity index (χ1) is 10.2. The van der Waals surface area contributed by atoms with Crippen LogP contribution in [0.15, 0.2) is 24.3 Å². The van der Waals surface area contributed by atoms with Crippen molar-refractivity contribution >= 4 is 0 Å². The minimum absolute atomic E-state index is 0.165. The number of aliphatic hydroxyl groups is 1. The SMILES string of the molecule is CCCNC(CCN(CCC)CCO)c1cccc(F)c1. The van der Waals surface area contributed by atoms with Gasteiger partial charge in [-0.3, -0.25) is 0 Å². The summed E-state index contributed by atoms with van der Waals surface area (Å²) >= 11 is 0. The van der Waals surface area contributed by atoms with Gasteiger partial charge in [-0.05, 0) is 50.0 Å². The molecule has 0 saturated carbocycles. The third-order valence-electron chi connectivity index (χ3n) is 3.58. The van der Waals surface area contributed by atoms with E-state index < -0.39 is 0 Å². The topological polar surface area (TPSA) is 35.5 Å². The molecule has 0 aliphatic carbocycles. The van der Waals surface area contributed by atoms with Crippen molar-refractivity contribution in [3.8, 4) is 0 Å². The van der Waals surface area contributed by atoms with Crippen molar-refractivity contribution in [3.63, 3.8) is 0 Å². The van der Waals surface area contributed by atoms with Gasteiger partial charge < -0.3 is 15.3 Å². The maximum absolute atomic E-state index is 13.4. The first kappa shape index (κ1) is 18.1. The summed E-state index contributed by atoms with van der Waals surface area (Å²) in [5.74, 6) is -0.184. The molecule has 0 heterocycles. The third kappa shape index (κ3) is 7.02. The maximum Gasteiger partial charge on any atom is 0.123 e. The third-order valence-corrected chi connectivity index (χ3v) is 3.58. The average Bonchev–Trinajstić information content (AvgIpc) is 2.47. The lowest BCUT2D eigenvalue weighted by molar-refractivity contribution is 0.189. The number of nitrogens with one attached hydrogen (secondary N) is 1. The zero-order chi connectivity index (χ0) is 15.5. The summed E-state index contributed by atoms with van der Waals surface area (Å²) in [5, 5.41) is 12.6. The van der Waals surface area contributed by atoms with Gasteiger partial charge in [0.25, 0.3) is 0 Å². The van der Waals surface area contributed by atoms with E-state index in [0.717, 1.165) is 44.5 Å². The van der Waals surface area contributed by atoms with Crippen molar-refractivity contribution in [2.45, 2.75) is 39.2 Å². The van der Waals surface area contributed by atoms with Gasteiger partial charge in [0, 0.05) is 19.1 Å². The lowest BCUT2D eigenvalue weighted by atomic mass is 10.0. The lowest BCUT2D eigenvalue weighted by Gasteiger charge is -2.25. The molecule has 4 heteroatoms. The molecule has 0 amide bonds. The molecule has 1 unspecified atom stereocenters. The van der Waals surface area contributed by atoms with Gasteiger partial charge >= 0.3 is 0 Å². The molecule has 0 spiro atoms. The highest BCUT2D eigenvalue weighted by Gasteiger charge is 2.13. The van der Waals surface area contributed by atoms with Crippen LogP contribution in [-0.2, 0) is 0 Å². The van der Waals surface area contributed by atoms with Crippen molar-refractivity contribution in [3.05, 3.63) is 35.6 Å². The van der Waals surface area contributed by atoms with Crippen molar-refractivity contribution < 1.29 is 9.50 Å². The van der Waals surface area contributed by atoms with Crippen LogP contribution in [0.1, 0.15) is 44.7 Å². The van der Waals surface area contributed by atoms with E-state index in [9.17, 15) is 4.39 Å². The predicted molar refractivity (Wildman–Crippen MR) is 85.9 cm³/mol. The van der Waals surface area contributed by atoms with E-state index in [0.29, 0.717) is 6.54 Å². The summed E-state index contributed by atoms with van der Waals surface area (Å²) in [7, 11) is 0. The second kappa shape index (κ2) is 10.7. The molecule has 0 radical (unpaired) electrons. The minimum Gasteiger partial charge on any atom is -0.395 e. The van der Waals surface area contributed by atoms with Crippen LogP contribution in [0.25, 0.3) is 0 Å². The van der Waals surface area contributed by atoms with Gasteiger partial charge in [0.1, 0.15) is 5.82 Å². The Bertz CT molecular complexity index is 381. The van der Waals surface area contributed by atoms with E-state index in [-0.39, 0.29) is 18.5 Å².